The number of halogens is 1. The Morgan fingerprint density at radius 1 is 0.862 bits per heavy atom. The van der Waals surface area contributed by atoms with E-state index in [1.165, 1.54) is 4.31 Å². The number of rotatable bonds is 4. The van der Waals surface area contributed by atoms with Crippen LogP contribution in [0.15, 0.2) is 70.0 Å². The molecule has 4 rings (SSSR count). The summed E-state index contributed by atoms with van der Waals surface area (Å²) >= 11 is 3.34. The van der Waals surface area contributed by atoms with Crippen LogP contribution in [-0.2, 0) is 10.0 Å². The van der Waals surface area contributed by atoms with Crippen LogP contribution >= 0.6 is 15.9 Å². The minimum absolute atomic E-state index is 0.316. The van der Waals surface area contributed by atoms with Crippen molar-refractivity contribution in [2.75, 3.05) is 31.1 Å². The van der Waals surface area contributed by atoms with Gasteiger partial charge < -0.3 is 4.90 Å². The van der Waals surface area contributed by atoms with Crippen molar-refractivity contribution in [2.45, 2.75) is 11.8 Å². The van der Waals surface area contributed by atoms with Gasteiger partial charge in [-0.15, -0.1) is 10.2 Å². The Morgan fingerprint density at radius 3 is 2.17 bits per heavy atom. The van der Waals surface area contributed by atoms with Gasteiger partial charge in [0.2, 0.25) is 10.0 Å². The Bertz CT molecular complexity index is 1090. The summed E-state index contributed by atoms with van der Waals surface area (Å²) in [7, 11) is -3.48. The van der Waals surface area contributed by atoms with Crippen molar-refractivity contribution in [1.82, 2.24) is 14.5 Å². The molecule has 0 atom stereocenters. The van der Waals surface area contributed by atoms with Crippen molar-refractivity contribution < 1.29 is 8.42 Å². The first-order valence-electron chi connectivity index (χ1n) is 9.35. The van der Waals surface area contributed by atoms with E-state index in [0.717, 1.165) is 27.1 Å². The van der Waals surface area contributed by atoms with Gasteiger partial charge in [0.05, 0.1) is 10.6 Å². The maximum Gasteiger partial charge on any atom is 0.243 e. The van der Waals surface area contributed by atoms with E-state index in [1.807, 2.05) is 30.3 Å². The van der Waals surface area contributed by atoms with Crippen LogP contribution < -0.4 is 4.90 Å². The highest BCUT2D eigenvalue weighted by Crippen LogP contribution is 2.24. The molecule has 0 saturated carbocycles. The van der Waals surface area contributed by atoms with E-state index in [1.54, 1.807) is 24.3 Å². The molecule has 1 fully saturated rings. The number of aromatic nitrogens is 2. The van der Waals surface area contributed by atoms with Gasteiger partial charge in [-0.1, -0.05) is 40.2 Å². The summed E-state index contributed by atoms with van der Waals surface area (Å²) in [5.74, 6) is 0.767. The van der Waals surface area contributed by atoms with E-state index < -0.39 is 10.0 Å². The summed E-state index contributed by atoms with van der Waals surface area (Å²) in [4.78, 5) is 2.39. The summed E-state index contributed by atoms with van der Waals surface area (Å²) in [6.07, 6.45) is 0. The molecule has 1 aromatic heterocycles. The van der Waals surface area contributed by atoms with Crippen LogP contribution in [0.3, 0.4) is 0 Å². The molecular formula is C21H21BrN4O2S. The predicted molar refractivity (Wildman–Crippen MR) is 117 cm³/mol. The van der Waals surface area contributed by atoms with E-state index >= 15 is 0 Å². The first kappa shape index (κ1) is 20.0. The second-order valence-corrected chi connectivity index (χ2v) is 9.79. The molecule has 0 aliphatic carbocycles. The number of benzene rings is 2. The first-order valence-corrected chi connectivity index (χ1v) is 11.6. The van der Waals surface area contributed by atoms with Gasteiger partial charge in [-0.3, -0.25) is 0 Å². The number of anilines is 1. The van der Waals surface area contributed by atoms with Crippen molar-refractivity contribution >= 4 is 31.8 Å². The van der Waals surface area contributed by atoms with Gasteiger partial charge in [0, 0.05) is 36.2 Å². The van der Waals surface area contributed by atoms with Gasteiger partial charge in [0.1, 0.15) is 0 Å². The van der Waals surface area contributed by atoms with Crippen molar-refractivity contribution in [3.05, 3.63) is 70.7 Å². The average Bonchev–Trinajstić information content (AvgIpc) is 2.75. The second-order valence-electron chi connectivity index (χ2n) is 6.94. The Labute approximate surface area is 179 Å². The molecule has 6 nitrogen and oxygen atoms in total. The van der Waals surface area contributed by atoms with Crippen LogP contribution in [0.1, 0.15) is 5.56 Å². The van der Waals surface area contributed by atoms with Gasteiger partial charge in [0.15, 0.2) is 5.82 Å². The molecule has 0 spiro atoms. The SMILES string of the molecule is Cc1ccccc1-c1ccc(N2CCN(S(=O)(=O)c3ccc(Br)cc3)CC2)nn1. The van der Waals surface area contributed by atoms with Crippen LogP contribution in [0.25, 0.3) is 11.3 Å². The Morgan fingerprint density at radius 2 is 1.55 bits per heavy atom. The third kappa shape index (κ3) is 4.19. The largest absolute Gasteiger partial charge is 0.352 e. The predicted octanol–water partition coefficient (Wildman–Crippen LogP) is 3.73. The molecule has 150 valence electrons. The number of hydrogen-bond acceptors (Lipinski definition) is 5. The third-order valence-corrected chi connectivity index (χ3v) is 7.53. The number of piperazine rings is 1. The van der Waals surface area contributed by atoms with Gasteiger partial charge in [0.25, 0.3) is 0 Å². The number of nitrogens with zero attached hydrogens (tertiary/aromatic N) is 4. The van der Waals surface area contributed by atoms with E-state index in [2.05, 4.69) is 44.0 Å². The molecule has 0 bridgehead atoms. The fraction of sp³-hybridized carbons (Fsp3) is 0.238. The maximum atomic E-state index is 12.8. The molecule has 1 saturated heterocycles. The molecule has 8 heteroatoms. The van der Waals surface area contributed by atoms with Gasteiger partial charge in [-0.25, -0.2) is 8.42 Å². The lowest BCUT2D eigenvalue weighted by Gasteiger charge is -2.34. The number of hydrogen-bond donors (Lipinski definition) is 0. The summed E-state index contributed by atoms with van der Waals surface area (Å²) in [6, 6.07) is 18.7. The fourth-order valence-electron chi connectivity index (χ4n) is 3.41. The lowest BCUT2D eigenvalue weighted by molar-refractivity contribution is 0.383. The van der Waals surface area contributed by atoms with Crippen molar-refractivity contribution in [1.29, 1.82) is 0 Å². The minimum Gasteiger partial charge on any atom is -0.352 e. The fourth-order valence-corrected chi connectivity index (χ4v) is 5.10. The highest BCUT2D eigenvalue weighted by Gasteiger charge is 2.29. The molecule has 1 aliphatic heterocycles. The van der Waals surface area contributed by atoms with E-state index in [-0.39, 0.29) is 0 Å². The van der Waals surface area contributed by atoms with Crippen LogP contribution in [0, 0.1) is 6.92 Å². The van der Waals surface area contributed by atoms with Crippen molar-refractivity contribution in [3.8, 4) is 11.3 Å². The Balaban J connectivity index is 1.44. The normalized spacial score (nSPS) is 15.4. The summed E-state index contributed by atoms with van der Waals surface area (Å²) in [5, 5.41) is 8.76. The third-order valence-electron chi connectivity index (χ3n) is 5.09. The molecule has 29 heavy (non-hydrogen) atoms. The quantitative estimate of drug-likeness (QED) is 0.578. The Kier molecular flexibility index (Phi) is 5.67. The molecule has 3 aromatic rings. The molecule has 2 heterocycles. The van der Waals surface area contributed by atoms with Crippen molar-refractivity contribution in [2.24, 2.45) is 0 Å². The monoisotopic (exact) mass is 472 g/mol. The molecule has 0 unspecified atom stereocenters. The minimum atomic E-state index is -3.48. The highest BCUT2D eigenvalue weighted by atomic mass is 79.9. The lowest BCUT2D eigenvalue weighted by Crippen LogP contribution is -2.48. The summed E-state index contributed by atoms with van der Waals surface area (Å²) in [5.41, 5.74) is 3.06. The molecule has 0 N–H and O–H groups in total. The number of aryl methyl sites for hydroxylation is 1. The van der Waals surface area contributed by atoms with Crippen LogP contribution in [-0.4, -0.2) is 49.1 Å². The molecule has 2 aromatic carbocycles. The zero-order chi connectivity index (χ0) is 20.4. The zero-order valence-corrected chi connectivity index (χ0v) is 18.4. The molecular weight excluding hydrogens is 452 g/mol. The van der Waals surface area contributed by atoms with E-state index in [4.69, 9.17) is 0 Å². The van der Waals surface area contributed by atoms with Crippen LogP contribution in [0.5, 0.6) is 0 Å². The average molecular weight is 473 g/mol. The lowest BCUT2D eigenvalue weighted by atomic mass is 10.1. The molecule has 1 aliphatic rings. The summed E-state index contributed by atoms with van der Waals surface area (Å²) < 4.78 is 28.1. The second kappa shape index (κ2) is 8.22. The summed E-state index contributed by atoms with van der Waals surface area (Å²) in [6.45, 7) is 4.04. The Hall–Kier alpha value is -2.29. The standard InChI is InChI=1S/C21H21BrN4O2S/c1-16-4-2-3-5-19(16)20-10-11-21(24-23-20)25-12-14-26(15-13-25)29(27,28)18-8-6-17(22)7-9-18/h2-11H,12-15H2,1H3. The van der Waals surface area contributed by atoms with E-state index in [0.29, 0.717) is 31.1 Å². The first-order chi connectivity index (χ1) is 13.9. The van der Waals surface area contributed by atoms with Gasteiger partial charge in [-0.2, -0.15) is 4.31 Å². The number of sulfonamides is 1. The van der Waals surface area contributed by atoms with Gasteiger partial charge >= 0.3 is 0 Å². The maximum absolute atomic E-state index is 12.8. The van der Waals surface area contributed by atoms with Crippen molar-refractivity contribution in [3.63, 3.8) is 0 Å². The van der Waals surface area contributed by atoms with Gasteiger partial charge in [-0.05, 0) is 48.9 Å². The highest BCUT2D eigenvalue weighted by molar-refractivity contribution is 9.10. The zero-order valence-electron chi connectivity index (χ0n) is 16.0. The smallest absolute Gasteiger partial charge is 0.243 e. The van der Waals surface area contributed by atoms with Crippen LogP contribution in [0.4, 0.5) is 5.82 Å². The topological polar surface area (TPSA) is 66.4 Å². The molecule has 0 amide bonds. The van der Waals surface area contributed by atoms with E-state index in [9.17, 15) is 8.42 Å². The molecule has 0 radical (unpaired) electrons. The van der Waals surface area contributed by atoms with Crippen LogP contribution in [0.2, 0.25) is 0 Å².